The van der Waals surface area contributed by atoms with Crippen LogP contribution in [0.2, 0.25) is 0 Å². The highest BCUT2D eigenvalue weighted by molar-refractivity contribution is 6.01. The lowest BCUT2D eigenvalue weighted by Crippen LogP contribution is -2.47. The molecule has 0 radical (unpaired) electrons. The zero-order chi connectivity index (χ0) is 24.4. The van der Waals surface area contributed by atoms with Crippen LogP contribution in [0, 0.1) is 6.92 Å². The minimum absolute atomic E-state index is 0.0155. The van der Waals surface area contributed by atoms with Crippen LogP contribution in [-0.4, -0.2) is 49.8 Å². The van der Waals surface area contributed by atoms with Gasteiger partial charge in [-0.3, -0.25) is 4.79 Å². The van der Waals surface area contributed by atoms with Crippen molar-refractivity contribution >= 4 is 22.4 Å². The summed E-state index contributed by atoms with van der Waals surface area (Å²) in [5.41, 5.74) is 5.42. The number of rotatable bonds is 6. The largest absolute Gasteiger partial charge is 0.496 e. The summed E-state index contributed by atoms with van der Waals surface area (Å²) >= 11 is 0. The van der Waals surface area contributed by atoms with Gasteiger partial charge in [0.05, 0.1) is 32.2 Å². The molecule has 1 amide bonds. The zero-order valence-electron chi connectivity index (χ0n) is 20.8. The smallest absolute Gasteiger partial charge is 0.247 e. The maximum absolute atomic E-state index is 13.1. The van der Waals surface area contributed by atoms with Crippen LogP contribution < -0.4 is 9.47 Å². The van der Waals surface area contributed by atoms with E-state index in [2.05, 4.69) is 6.07 Å². The number of carbonyl (C=O) groups is 1. The number of methoxy groups -OCH3 is 1. The van der Waals surface area contributed by atoms with Gasteiger partial charge in [-0.25, -0.2) is 0 Å². The lowest BCUT2D eigenvalue weighted by molar-refractivity contribution is -0.137. The van der Waals surface area contributed by atoms with Gasteiger partial charge in [0, 0.05) is 41.2 Å². The Morgan fingerprint density at radius 1 is 1.18 bits per heavy atom. The number of morpholine rings is 1. The van der Waals surface area contributed by atoms with Gasteiger partial charge in [-0.1, -0.05) is 12.1 Å². The lowest BCUT2D eigenvalue weighted by atomic mass is 9.96. The first kappa shape index (κ1) is 23.9. The van der Waals surface area contributed by atoms with E-state index in [0.717, 1.165) is 44.5 Å². The molecule has 1 aromatic heterocycles. The van der Waals surface area contributed by atoms with Crippen molar-refractivity contribution in [1.82, 2.24) is 4.90 Å². The third-order valence-electron chi connectivity index (χ3n) is 6.22. The van der Waals surface area contributed by atoms with E-state index in [4.69, 9.17) is 18.6 Å². The quantitative estimate of drug-likeness (QED) is 0.429. The molecule has 0 bridgehead atoms. The van der Waals surface area contributed by atoms with Crippen LogP contribution in [0.15, 0.2) is 47.1 Å². The number of allylic oxidation sites excluding steroid dienone is 1. The van der Waals surface area contributed by atoms with Gasteiger partial charge in [-0.2, -0.15) is 0 Å². The molecule has 34 heavy (non-hydrogen) atoms. The van der Waals surface area contributed by atoms with Gasteiger partial charge >= 0.3 is 0 Å². The van der Waals surface area contributed by atoms with Gasteiger partial charge in [-0.15, -0.1) is 0 Å². The molecular formula is C28H33NO5. The van der Waals surface area contributed by atoms with E-state index in [9.17, 15) is 4.79 Å². The number of fused-ring (bicyclic) bond motifs is 1. The molecule has 1 aliphatic heterocycles. The third kappa shape index (κ3) is 4.68. The summed E-state index contributed by atoms with van der Waals surface area (Å²) in [6.45, 7) is 11.7. The Balaban J connectivity index is 1.74. The summed E-state index contributed by atoms with van der Waals surface area (Å²) in [5.74, 6) is 1.53. The van der Waals surface area contributed by atoms with Crippen molar-refractivity contribution in [3.63, 3.8) is 0 Å². The molecule has 0 aliphatic carbocycles. The molecule has 2 aromatic carbocycles. The average molecular weight is 464 g/mol. The van der Waals surface area contributed by atoms with Gasteiger partial charge in [0.2, 0.25) is 5.91 Å². The molecular weight excluding hydrogens is 430 g/mol. The highest BCUT2D eigenvalue weighted by Gasteiger charge is 2.25. The summed E-state index contributed by atoms with van der Waals surface area (Å²) < 4.78 is 23.1. The number of amides is 1. The van der Waals surface area contributed by atoms with Crippen LogP contribution in [-0.2, 0) is 9.53 Å². The van der Waals surface area contributed by atoms with E-state index in [1.807, 2.05) is 63.8 Å². The Labute approximate surface area is 201 Å². The molecule has 3 aromatic rings. The van der Waals surface area contributed by atoms with Crippen LogP contribution in [0.25, 0.3) is 27.7 Å². The minimum Gasteiger partial charge on any atom is -0.496 e. The van der Waals surface area contributed by atoms with Crippen LogP contribution in [0.3, 0.4) is 0 Å². The Morgan fingerprint density at radius 3 is 2.47 bits per heavy atom. The maximum Gasteiger partial charge on any atom is 0.247 e. The summed E-state index contributed by atoms with van der Waals surface area (Å²) in [7, 11) is 1.65. The number of ether oxygens (including phenoxy) is 3. The number of nitrogens with zero attached hydrogens (tertiary/aromatic N) is 1. The molecule has 180 valence electrons. The summed E-state index contributed by atoms with van der Waals surface area (Å²) in [6.07, 6.45) is 3.52. The molecule has 1 aliphatic rings. The first-order valence-electron chi connectivity index (χ1n) is 11.8. The maximum atomic E-state index is 13.1. The Hall–Kier alpha value is -3.25. The molecule has 1 fully saturated rings. The summed E-state index contributed by atoms with van der Waals surface area (Å²) in [6, 6.07) is 10.0. The number of carbonyl (C=O) groups excluding carboxylic acids is 1. The molecule has 0 spiro atoms. The zero-order valence-corrected chi connectivity index (χ0v) is 20.8. The van der Waals surface area contributed by atoms with Crippen molar-refractivity contribution < 1.29 is 23.4 Å². The van der Waals surface area contributed by atoms with Crippen LogP contribution in [0.5, 0.6) is 11.5 Å². The van der Waals surface area contributed by atoms with Gasteiger partial charge in [0.15, 0.2) is 0 Å². The van der Waals surface area contributed by atoms with E-state index in [-0.39, 0.29) is 18.1 Å². The molecule has 2 heterocycles. The van der Waals surface area contributed by atoms with Crippen molar-refractivity contribution in [1.29, 1.82) is 0 Å². The van der Waals surface area contributed by atoms with Crippen molar-refractivity contribution in [3.05, 3.63) is 53.8 Å². The monoisotopic (exact) mass is 463 g/mol. The third-order valence-corrected chi connectivity index (χ3v) is 6.22. The number of hydrogen-bond acceptors (Lipinski definition) is 5. The fraction of sp³-hybridized carbons (Fsp3) is 0.393. The predicted octanol–water partition coefficient (Wildman–Crippen LogP) is 5.85. The van der Waals surface area contributed by atoms with E-state index in [0.29, 0.717) is 25.4 Å². The molecule has 2 unspecified atom stereocenters. The second-order valence-electron chi connectivity index (χ2n) is 8.89. The van der Waals surface area contributed by atoms with E-state index >= 15 is 0 Å². The standard InChI is InChI=1S/C28H33NO5/c1-7-32-22-10-8-21(9-11-22)25-16-33-28-20(5)27(31-6)23(13-24(25)28)17(2)12-26(30)29-14-18(3)34-19(4)15-29/h8-13,16,18-19H,7,14-15H2,1-6H3/b17-12+. The van der Waals surface area contributed by atoms with Gasteiger partial charge in [0.1, 0.15) is 17.1 Å². The SMILES string of the molecule is CCOc1ccc(-c2coc3c(C)c(OC)c(/C(C)=C/C(=O)N4CC(C)OC(C)C4)cc23)cc1. The number of aryl methyl sites for hydroxylation is 1. The molecule has 6 nitrogen and oxygen atoms in total. The second-order valence-corrected chi connectivity index (χ2v) is 8.89. The first-order valence-corrected chi connectivity index (χ1v) is 11.8. The molecule has 2 atom stereocenters. The van der Waals surface area contributed by atoms with Crippen molar-refractivity contribution in [3.8, 4) is 22.6 Å². The van der Waals surface area contributed by atoms with Crippen molar-refractivity contribution in [2.75, 3.05) is 26.8 Å². The summed E-state index contributed by atoms with van der Waals surface area (Å²) in [5, 5.41) is 0.978. The Morgan fingerprint density at radius 2 is 1.85 bits per heavy atom. The van der Waals surface area contributed by atoms with Crippen LogP contribution >= 0.6 is 0 Å². The molecule has 4 rings (SSSR count). The van der Waals surface area contributed by atoms with Gasteiger partial charge < -0.3 is 23.5 Å². The topological polar surface area (TPSA) is 61.1 Å². The fourth-order valence-corrected chi connectivity index (χ4v) is 4.70. The second kappa shape index (κ2) is 9.94. The van der Waals surface area contributed by atoms with Crippen molar-refractivity contribution in [2.45, 2.75) is 46.8 Å². The highest BCUT2D eigenvalue weighted by Crippen LogP contribution is 2.40. The number of furan rings is 1. The molecule has 0 saturated carbocycles. The normalized spacial score (nSPS) is 18.9. The minimum atomic E-state index is -0.0155. The van der Waals surface area contributed by atoms with Crippen LogP contribution in [0.1, 0.15) is 38.8 Å². The van der Waals surface area contributed by atoms with E-state index in [1.54, 1.807) is 19.4 Å². The van der Waals surface area contributed by atoms with E-state index in [1.165, 1.54) is 0 Å². The number of benzene rings is 2. The van der Waals surface area contributed by atoms with Crippen molar-refractivity contribution in [2.24, 2.45) is 0 Å². The van der Waals surface area contributed by atoms with Gasteiger partial charge in [0.25, 0.3) is 0 Å². The first-order chi connectivity index (χ1) is 16.3. The number of hydrogen-bond donors (Lipinski definition) is 0. The van der Waals surface area contributed by atoms with E-state index < -0.39 is 0 Å². The molecule has 1 saturated heterocycles. The molecule has 0 N–H and O–H groups in total. The summed E-state index contributed by atoms with van der Waals surface area (Å²) in [4.78, 5) is 14.9. The Kier molecular flexibility index (Phi) is 6.98. The lowest BCUT2D eigenvalue weighted by Gasteiger charge is -2.34. The fourth-order valence-electron chi connectivity index (χ4n) is 4.70. The highest BCUT2D eigenvalue weighted by atomic mass is 16.5. The van der Waals surface area contributed by atoms with Gasteiger partial charge in [-0.05, 0) is 64.0 Å². The van der Waals surface area contributed by atoms with Crippen LogP contribution in [0.4, 0.5) is 0 Å². The Bertz CT molecular complexity index is 1200. The predicted molar refractivity (Wildman–Crippen MR) is 134 cm³/mol. The molecule has 6 heteroatoms. The average Bonchev–Trinajstić information content (AvgIpc) is 3.23.